The summed E-state index contributed by atoms with van der Waals surface area (Å²) in [4.78, 5) is 0. The first-order valence-electron chi connectivity index (χ1n) is 1.72. The molecule has 0 aliphatic carbocycles. The minimum atomic E-state index is 0. The van der Waals surface area contributed by atoms with E-state index in [1.54, 1.807) is 0 Å². The Morgan fingerprint density at radius 3 is 1.50 bits per heavy atom. The molecule has 0 aromatic heterocycles. The van der Waals surface area contributed by atoms with Gasteiger partial charge in [0.2, 0.25) is 0 Å². The van der Waals surface area contributed by atoms with Crippen molar-refractivity contribution in [3.63, 3.8) is 0 Å². The van der Waals surface area contributed by atoms with Gasteiger partial charge in [-0.15, -0.1) is 6.58 Å². The van der Waals surface area contributed by atoms with Gasteiger partial charge in [0, 0.05) is 0 Å². The van der Waals surface area contributed by atoms with Crippen molar-refractivity contribution in [2.24, 2.45) is 0 Å². The molecule has 0 unspecified atom stereocenters. The lowest BCUT2D eigenvalue weighted by atomic mass is 10.5. The Labute approximate surface area is 52.4 Å². The molecule has 0 aromatic carbocycles. The molecular weight excluding hydrogens is 104 g/mol. The third-order valence-corrected chi connectivity index (χ3v) is 0.289. The molecular formula is C6H18O2. The van der Waals surface area contributed by atoms with E-state index in [9.17, 15) is 0 Å². The summed E-state index contributed by atoms with van der Waals surface area (Å²) in [5, 5.41) is 12.0. The highest BCUT2D eigenvalue weighted by molar-refractivity contribution is 4.60. The van der Waals surface area contributed by atoms with E-state index in [-0.39, 0.29) is 14.9 Å². The second-order valence-electron chi connectivity index (χ2n) is 0.697. The highest BCUT2D eigenvalue weighted by Crippen LogP contribution is 1.66. The van der Waals surface area contributed by atoms with E-state index in [2.05, 4.69) is 13.5 Å². The van der Waals surface area contributed by atoms with Gasteiger partial charge in [-0.05, 0) is 6.42 Å². The molecule has 8 heavy (non-hydrogen) atoms. The number of allylic oxidation sites excluding steroid dienone is 1. The van der Waals surface area contributed by atoms with E-state index in [1.807, 2.05) is 6.08 Å². The molecule has 0 fully saturated rings. The monoisotopic (exact) mass is 122 g/mol. The van der Waals surface area contributed by atoms with E-state index in [0.717, 1.165) is 6.42 Å². The standard InChI is InChI=1S/C4H8.2CH4.H2O2/c1-3-4-2;;;1-2/h3H,1,4H2,2H3;2*1H4;1-2H. The second kappa shape index (κ2) is 77.4. The molecule has 0 aliphatic rings. The fourth-order valence-electron chi connectivity index (χ4n) is 0. The van der Waals surface area contributed by atoms with Crippen molar-refractivity contribution in [3.05, 3.63) is 12.7 Å². The SMILES string of the molecule is C.C.C=CCC.OO. The molecule has 0 aromatic rings. The van der Waals surface area contributed by atoms with Crippen molar-refractivity contribution in [2.75, 3.05) is 0 Å². The van der Waals surface area contributed by atoms with Crippen LogP contribution in [0.1, 0.15) is 28.2 Å². The maximum atomic E-state index is 6.00. The molecule has 2 nitrogen and oxygen atoms in total. The summed E-state index contributed by atoms with van der Waals surface area (Å²) in [5.74, 6) is 0. The van der Waals surface area contributed by atoms with Gasteiger partial charge in [0.15, 0.2) is 0 Å². The summed E-state index contributed by atoms with van der Waals surface area (Å²) in [7, 11) is 0. The van der Waals surface area contributed by atoms with Gasteiger partial charge in [0.1, 0.15) is 0 Å². The molecule has 0 rings (SSSR count). The number of hydrogen-bond donors (Lipinski definition) is 2. The summed E-state index contributed by atoms with van der Waals surface area (Å²) in [6, 6.07) is 0. The predicted octanol–water partition coefficient (Wildman–Crippen LogP) is 2.87. The Hall–Kier alpha value is -0.340. The zero-order valence-electron chi connectivity index (χ0n) is 3.89. The minimum Gasteiger partial charge on any atom is -0.255 e. The summed E-state index contributed by atoms with van der Waals surface area (Å²) < 4.78 is 0. The van der Waals surface area contributed by atoms with Gasteiger partial charge in [-0.3, -0.25) is 10.5 Å². The molecule has 54 valence electrons. The van der Waals surface area contributed by atoms with Gasteiger partial charge >= 0.3 is 0 Å². The first-order chi connectivity index (χ1) is 2.91. The first-order valence-corrected chi connectivity index (χ1v) is 1.72. The lowest BCUT2D eigenvalue weighted by Gasteiger charge is -1.57. The average molecular weight is 122 g/mol. The molecule has 0 aliphatic heterocycles. The predicted molar refractivity (Wildman–Crippen MR) is 39.2 cm³/mol. The molecule has 0 bridgehead atoms. The Balaban J connectivity index is -0.0000000183. The topological polar surface area (TPSA) is 40.5 Å². The van der Waals surface area contributed by atoms with Crippen molar-refractivity contribution in [1.82, 2.24) is 0 Å². The Bertz CT molecular complexity index is 20.5. The normalized spacial score (nSPS) is 3.88. The summed E-state index contributed by atoms with van der Waals surface area (Å²) in [5.41, 5.74) is 0. The summed E-state index contributed by atoms with van der Waals surface area (Å²) >= 11 is 0. The molecule has 2 N–H and O–H groups in total. The molecule has 0 saturated heterocycles. The summed E-state index contributed by atoms with van der Waals surface area (Å²) in [6.45, 7) is 5.54. The Morgan fingerprint density at radius 2 is 1.50 bits per heavy atom. The lowest BCUT2D eigenvalue weighted by molar-refractivity contribution is -0.176. The molecule has 0 atom stereocenters. The van der Waals surface area contributed by atoms with Crippen molar-refractivity contribution >= 4 is 0 Å². The fourth-order valence-corrected chi connectivity index (χ4v) is 0. The van der Waals surface area contributed by atoms with Gasteiger partial charge in [0.25, 0.3) is 0 Å². The molecule has 0 radical (unpaired) electrons. The Kier molecular flexibility index (Phi) is 245. The minimum absolute atomic E-state index is 0. The largest absolute Gasteiger partial charge is 0.255 e. The van der Waals surface area contributed by atoms with Crippen LogP contribution in [0.15, 0.2) is 12.7 Å². The van der Waals surface area contributed by atoms with Crippen LogP contribution in [0.4, 0.5) is 0 Å². The quantitative estimate of drug-likeness (QED) is 0.319. The van der Waals surface area contributed by atoms with E-state index < -0.39 is 0 Å². The van der Waals surface area contributed by atoms with Crippen LogP contribution in [0, 0.1) is 0 Å². The van der Waals surface area contributed by atoms with Gasteiger partial charge < -0.3 is 0 Å². The van der Waals surface area contributed by atoms with Crippen LogP contribution in [0.5, 0.6) is 0 Å². The second-order valence-corrected chi connectivity index (χ2v) is 0.697. The van der Waals surface area contributed by atoms with E-state index in [0.29, 0.717) is 0 Å². The van der Waals surface area contributed by atoms with Crippen LogP contribution >= 0.6 is 0 Å². The van der Waals surface area contributed by atoms with Crippen LogP contribution in [0.25, 0.3) is 0 Å². The van der Waals surface area contributed by atoms with Gasteiger partial charge in [-0.2, -0.15) is 0 Å². The van der Waals surface area contributed by atoms with Gasteiger partial charge in [-0.1, -0.05) is 27.9 Å². The highest BCUT2D eigenvalue weighted by atomic mass is 17.0. The Morgan fingerprint density at radius 1 is 1.38 bits per heavy atom. The average Bonchev–Trinajstić information content (AvgIpc) is 1.72. The van der Waals surface area contributed by atoms with Crippen LogP contribution in [-0.4, -0.2) is 10.5 Å². The maximum Gasteiger partial charge on any atom is -0.0382 e. The summed E-state index contributed by atoms with van der Waals surface area (Å²) in [6.07, 6.45) is 2.96. The highest BCUT2D eigenvalue weighted by Gasteiger charge is 1.45. The van der Waals surface area contributed by atoms with Gasteiger partial charge in [0.05, 0.1) is 0 Å². The van der Waals surface area contributed by atoms with E-state index in [4.69, 9.17) is 10.5 Å². The van der Waals surface area contributed by atoms with Crippen molar-refractivity contribution in [3.8, 4) is 0 Å². The van der Waals surface area contributed by atoms with Crippen LogP contribution in [-0.2, 0) is 0 Å². The maximum absolute atomic E-state index is 6.00. The number of hydrogen-bond acceptors (Lipinski definition) is 2. The fraction of sp³-hybridized carbons (Fsp3) is 0.667. The third-order valence-electron chi connectivity index (χ3n) is 0.289. The zero-order valence-corrected chi connectivity index (χ0v) is 3.89. The molecule has 0 spiro atoms. The van der Waals surface area contributed by atoms with Gasteiger partial charge in [-0.25, -0.2) is 0 Å². The first kappa shape index (κ1) is 25.4. The van der Waals surface area contributed by atoms with Crippen LogP contribution in [0.3, 0.4) is 0 Å². The van der Waals surface area contributed by atoms with E-state index >= 15 is 0 Å². The molecule has 0 heterocycles. The van der Waals surface area contributed by atoms with Crippen molar-refractivity contribution < 1.29 is 10.5 Å². The molecule has 0 saturated carbocycles. The molecule has 2 heteroatoms. The molecule has 0 amide bonds. The van der Waals surface area contributed by atoms with Crippen molar-refractivity contribution in [1.29, 1.82) is 0 Å². The third kappa shape index (κ3) is 282. The van der Waals surface area contributed by atoms with E-state index in [1.165, 1.54) is 0 Å². The number of rotatable bonds is 1. The van der Waals surface area contributed by atoms with Crippen LogP contribution in [0.2, 0.25) is 0 Å². The van der Waals surface area contributed by atoms with Crippen molar-refractivity contribution in [2.45, 2.75) is 28.2 Å². The van der Waals surface area contributed by atoms with Crippen LogP contribution < -0.4 is 0 Å². The smallest absolute Gasteiger partial charge is 0.0382 e. The lowest BCUT2D eigenvalue weighted by Crippen LogP contribution is -1.36. The zero-order chi connectivity index (χ0) is 5.41.